The van der Waals surface area contributed by atoms with Crippen LogP contribution in [0.2, 0.25) is 0 Å². The van der Waals surface area contributed by atoms with Crippen molar-refractivity contribution < 1.29 is 4.79 Å². The number of carbonyl (C=O) groups excluding carboxylic acids is 1. The van der Waals surface area contributed by atoms with Crippen molar-refractivity contribution >= 4 is 17.2 Å². The number of fused-ring (bicyclic) bond motifs is 2. The zero-order chi connectivity index (χ0) is 19.4. The maximum atomic E-state index is 11.3. The molecule has 0 bridgehead atoms. The van der Waals surface area contributed by atoms with Crippen molar-refractivity contribution in [1.29, 1.82) is 0 Å². The van der Waals surface area contributed by atoms with Crippen molar-refractivity contribution in [3.63, 3.8) is 0 Å². The molecule has 2 nitrogen and oxygen atoms in total. The van der Waals surface area contributed by atoms with Crippen LogP contribution in [0.4, 0.5) is 5.69 Å². The Balaban J connectivity index is 0.000000221. The average Bonchev–Trinajstić information content (AvgIpc) is 3.21. The number of amides is 1. The second-order valence-corrected chi connectivity index (χ2v) is 5.05. The van der Waals surface area contributed by atoms with Gasteiger partial charge in [-0.15, -0.1) is 0 Å². The Morgan fingerprint density at radius 1 is 0.692 bits per heavy atom. The number of rotatable bonds is 0. The van der Waals surface area contributed by atoms with Crippen molar-refractivity contribution in [3.05, 3.63) is 84.4 Å². The van der Waals surface area contributed by atoms with E-state index in [0.29, 0.717) is 0 Å². The molecular formula is C24H29NO. The predicted molar refractivity (Wildman–Crippen MR) is 114 cm³/mol. The van der Waals surface area contributed by atoms with Gasteiger partial charge in [0, 0.05) is 16.8 Å². The Bertz CT molecular complexity index is 777. The first-order chi connectivity index (χ1) is 12.8. The SMILES string of the molecule is C/C=C1\C(=O)Nc2ccccc21.CC.CC.c1ccc2cccc-2cc1. The van der Waals surface area contributed by atoms with E-state index in [0.717, 1.165) is 16.8 Å². The normalized spacial score (nSPS) is 12.5. The van der Waals surface area contributed by atoms with Gasteiger partial charge in [0.2, 0.25) is 0 Å². The van der Waals surface area contributed by atoms with Gasteiger partial charge in [0.1, 0.15) is 0 Å². The number of allylic oxidation sites excluding steroid dienone is 1. The Kier molecular flexibility index (Phi) is 9.48. The smallest absolute Gasteiger partial charge is 0.256 e. The minimum atomic E-state index is -0.00120. The van der Waals surface area contributed by atoms with E-state index >= 15 is 0 Å². The lowest BCUT2D eigenvalue weighted by Gasteiger charge is -1.94. The molecule has 136 valence electrons. The van der Waals surface area contributed by atoms with Crippen molar-refractivity contribution in [2.45, 2.75) is 34.6 Å². The van der Waals surface area contributed by atoms with Crippen molar-refractivity contribution in [2.75, 3.05) is 5.32 Å². The van der Waals surface area contributed by atoms with Gasteiger partial charge in [-0.1, -0.05) is 101 Å². The van der Waals surface area contributed by atoms with Crippen LogP contribution in [0, 0.1) is 0 Å². The summed E-state index contributed by atoms with van der Waals surface area (Å²) in [6, 6.07) is 24.4. The van der Waals surface area contributed by atoms with Crippen LogP contribution in [0.25, 0.3) is 16.7 Å². The summed E-state index contributed by atoms with van der Waals surface area (Å²) >= 11 is 0. The summed E-state index contributed by atoms with van der Waals surface area (Å²) in [6.07, 6.45) is 1.83. The van der Waals surface area contributed by atoms with Crippen LogP contribution in [0.1, 0.15) is 40.2 Å². The Labute approximate surface area is 157 Å². The molecule has 0 aromatic heterocycles. The molecule has 0 spiro atoms. The molecule has 1 N–H and O–H groups in total. The van der Waals surface area contributed by atoms with Gasteiger partial charge in [0.15, 0.2) is 0 Å². The monoisotopic (exact) mass is 347 g/mol. The Morgan fingerprint density at radius 2 is 1.19 bits per heavy atom. The summed E-state index contributed by atoms with van der Waals surface area (Å²) in [6.45, 7) is 9.87. The zero-order valence-electron chi connectivity index (χ0n) is 16.4. The van der Waals surface area contributed by atoms with Gasteiger partial charge >= 0.3 is 0 Å². The van der Waals surface area contributed by atoms with Gasteiger partial charge in [-0.2, -0.15) is 0 Å². The second-order valence-electron chi connectivity index (χ2n) is 5.05. The average molecular weight is 348 g/mol. The first kappa shape index (κ1) is 21.2. The van der Waals surface area contributed by atoms with Crippen LogP contribution < -0.4 is 5.32 Å². The highest BCUT2D eigenvalue weighted by Crippen LogP contribution is 2.30. The number of para-hydroxylation sites is 1. The molecule has 4 rings (SSSR count). The second kappa shape index (κ2) is 11.6. The lowest BCUT2D eigenvalue weighted by molar-refractivity contribution is -0.110. The fraction of sp³-hybridized carbons (Fsp3) is 0.208. The first-order valence-electron chi connectivity index (χ1n) is 9.30. The standard InChI is InChI=1S/C10H9NO.C10H8.2C2H6/c1-2-7-8-5-3-4-6-9(8)11-10(7)12;1-2-5-9-7-4-8-10(9)6-3-1;2*1-2/h2-6H,1H3,(H,11,12);1-8H;2*1-2H3/b7-2-;;;. The highest BCUT2D eigenvalue weighted by atomic mass is 16.1. The molecule has 1 amide bonds. The van der Waals surface area contributed by atoms with Crippen LogP contribution in [-0.2, 0) is 4.79 Å². The summed E-state index contributed by atoms with van der Waals surface area (Å²) in [5, 5.41) is 2.79. The molecule has 3 aliphatic rings. The number of hydrogen-bond donors (Lipinski definition) is 1. The molecule has 2 aliphatic carbocycles. The molecule has 26 heavy (non-hydrogen) atoms. The van der Waals surface area contributed by atoms with Crippen molar-refractivity contribution in [2.24, 2.45) is 0 Å². The lowest BCUT2D eigenvalue weighted by Crippen LogP contribution is -2.03. The fourth-order valence-electron chi connectivity index (χ4n) is 2.56. The number of hydrogen-bond acceptors (Lipinski definition) is 1. The minimum Gasteiger partial charge on any atom is -0.321 e. The van der Waals surface area contributed by atoms with Crippen LogP contribution >= 0.6 is 0 Å². The quantitative estimate of drug-likeness (QED) is 0.441. The molecule has 1 heterocycles. The molecule has 1 aromatic carbocycles. The number of carbonyl (C=O) groups is 1. The van der Waals surface area contributed by atoms with Crippen LogP contribution in [0.5, 0.6) is 0 Å². The Hall–Kier alpha value is -2.87. The minimum absolute atomic E-state index is 0.00120. The maximum absolute atomic E-state index is 11.3. The highest BCUT2D eigenvalue weighted by Gasteiger charge is 2.21. The highest BCUT2D eigenvalue weighted by molar-refractivity contribution is 6.31. The summed E-state index contributed by atoms with van der Waals surface area (Å²) in [5.41, 5.74) is 5.31. The molecule has 1 aliphatic heterocycles. The van der Waals surface area contributed by atoms with E-state index in [4.69, 9.17) is 0 Å². The number of anilines is 1. The number of nitrogens with one attached hydrogen (secondary N) is 1. The van der Waals surface area contributed by atoms with Gasteiger partial charge < -0.3 is 5.32 Å². The number of benzene rings is 1. The van der Waals surface area contributed by atoms with Gasteiger partial charge in [-0.05, 0) is 24.1 Å². The molecule has 1 aromatic rings. The molecule has 0 unspecified atom stereocenters. The van der Waals surface area contributed by atoms with Gasteiger partial charge in [-0.25, -0.2) is 0 Å². The van der Waals surface area contributed by atoms with E-state index < -0.39 is 0 Å². The van der Waals surface area contributed by atoms with E-state index in [1.807, 2.05) is 71.0 Å². The van der Waals surface area contributed by atoms with Gasteiger partial charge in [0.05, 0.1) is 0 Å². The molecule has 2 heteroatoms. The third-order valence-electron chi connectivity index (χ3n) is 3.66. The maximum Gasteiger partial charge on any atom is 0.256 e. The summed E-state index contributed by atoms with van der Waals surface area (Å²) in [5.74, 6) is -0.00120. The van der Waals surface area contributed by atoms with Gasteiger partial charge in [0.25, 0.3) is 5.91 Å². The molecular weight excluding hydrogens is 318 g/mol. The fourth-order valence-corrected chi connectivity index (χ4v) is 2.56. The van der Waals surface area contributed by atoms with Crippen LogP contribution in [0.15, 0.2) is 78.9 Å². The summed E-state index contributed by atoms with van der Waals surface area (Å²) < 4.78 is 0. The molecule has 0 saturated heterocycles. The van der Waals surface area contributed by atoms with E-state index in [1.165, 1.54) is 11.1 Å². The Morgan fingerprint density at radius 3 is 1.77 bits per heavy atom. The molecule has 0 saturated carbocycles. The van der Waals surface area contributed by atoms with E-state index in [1.54, 1.807) is 0 Å². The van der Waals surface area contributed by atoms with Gasteiger partial charge in [-0.3, -0.25) is 4.79 Å². The molecule has 0 fully saturated rings. The van der Waals surface area contributed by atoms with E-state index in [-0.39, 0.29) is 5.91 Å². The third-order valence-corrected chi connectivity index (χ3v) is 3.66. The van der Waals surface area contributed by atoms with Crippen LogP contribution in [-0.4, -0.2) is 5.91 Å². The summed E-state index contributed by atoms with van der Waals surface area (Å²) in [4.78, 5) is 11.3. The van der Waals surface area contributed by atoms with Crippen LogP contribution in [0.3, 0.4) is 0 Å². The van der Waals surface area contributed by atoms with Crippen molar-refractivity contribution in [1.82, 2.24) is 0 Å². The summed E-state index contributed by atoms with van der Waals surface area (Å²) in [7, 11) is 0. The lowest BCUT2D eigenvalue weighted by atomic mass is 10.1. The molecule has 0 radical (unpaired) electrons. The van der Waals surface area contributed by atoms with E-state index in [9.17, 15) is 4.79 Å². The molecule has 0 atom stereocenters. The topological polar surface area (TPSA) is 29.1 Å². The largest absolute Gasteiger partial charge is 0.321 e. The zero-order valence-corrected chi connectivity index (χ0v) is 16.4. The third kappa shape index (κ3) is 5.32. The van der Waals surface area contributed by atoms with E-state index in [2.05, 4.69) is 47.8 Å². The van der Waals surface area contributed by atoms with Crippen molar-refractivity contribution in [3.8, 4) is 11.1 Å². The predicted octanol–water partition coefficient (Wildman–Crippen LogP) is 6.89. The first-order valence-corrected chi connectivity index (χ1v) is 9.30.